The molecule has 0 saturated carbocycles. The molecule has 2 rings (SSSR count). The Hall–Kier alpha value is -1.23. The van der Waals surface area contributed by atoms with Gasteiger partial charge in [-0.15, -0.1) is 11.3 Å². The highest BCUT2D eigenvalue weighted by atomic mass is 32.1. The lowest BCUT2D eigenvalue weighted by molar-refractivity contribution is 0.292. The van der Waals surface area contributed by atoms with E-state index in [0.29, 0.717) is 13.1 Å². The third kappa shape index (κ3) is 2.88. The Balaban J connectivity index is 2.02. The zero-order valence-corrected chi connectivity index (χ0v) is 9.70. The highest BCUT2D eigenvalue weighted by Crippen LogP contribution is 2.22. The van der Waals surface area contributed by atoms with Crippen LogP contribution in [0.5, 0.6) is 0 Å². The largest absolute Gasteiger partial charge is 0.395 e. The number of hydrogen-bond donors (Lipinski definition) is 2. The summed E-state index contributed by atoms with van der Waals surface area (Å²) < 4.78 is 0. The van der Waals surface area contributed by atoms with Crippen molar-refractivity contribution in [2.75, 3.05) is 13.2 Å². The predicted octanol–water partition coefficient (Wildman–Crippen LogP) is 1.89. The maximum atomic E-state index is 8.65. The van der Waals surface area contributed by atoms with Gasteiger partial charge in [-0.3, -0.25) is 0 Å². The first-order valence-corrected chi connectivity index (χ1v) is 6.09. The summed E-state index contributed by atoms with van der Waals surface area (Å²) in [5.41, 5.74) is 2.18. The standard InChI is InChI=1S/C12H14N2OS/c15-7-6-13-8-11-9-16-12(14-11)10-4-2-1-3-5-10/h1-5,9,13,15H,6-8H2. The summed E-state index contributed by atoms with van der Waals surface area (Å²) in [5, 5.41) is 14.8. The lowest BCUT2D eigenvalue weighted by atomic mass is 10.2. The molecule has 0 atom stereocenters. The van der Waals surface area contributed by atoms with Crippen LogP contribution in [0.25, 0.3) is 10.6 Å². The average Bonchev–Trinajstić information content (AvgIpc) is 2.79. The monoisotopic (exact) mass is 234 g/mol. The molecule has 0 aliphatic carbocycles. The number of aliphatic hydroxyl groups excluding tert-OH is 1. The van der Waals surface area contributed by atoms with E-state index >= 15 is 0 Å². The van der Waals surface area contributed by atoms with Crippen molar-refractivity contribution in [3.05, 3.63) is 41.4 Å². The van der Waals surface area contributed by atoms with Gasteiger partial charge in [0.25, 0.3) is 0 Å². The summed E-state index contributed by atoms with van der Waals surface area (Å²) >= 11 is 1.65. The first-order valence-electron chi connectivity index (χ1n) is 5.21. The Morgan fingerprint density at radius 1 is 1.25 bits per heavy atom. The molecule has 16 heavy (non-hydrogen) atoms. The zero-order valence-electron chi connectivity index (χ0n) is 8.89. The van der Waals surface area contributed by atoms with Crippen molar-refractivity contribution in [2.45, 2.75) is 6.54 Å². The molecule has 1 aromatic carbocycles. The summed E-state index contributed by atoms with van der Waals surface area (Å²) in [7, 11) is 0. The smallest absolute Gasteiger partial charge is 0.123 e. The molecular formula is C12H14N2OS. The van der Waals surface area contributed by atoms with E-state index in [0.717, 1.165) is 16.3 Å². The number of hydrogen-bond acceptors (Lipinski definition) is 4. The Labute approximate surface area is 98.8 Å². The second-order valence-electron chi connectivity index (χ2n) is 3.41. The van der Waals surface area contributed by atoms with Gasteiger partial charge >= 0.3 is 0 Å². The number of nitrogens with one attached hydrogen (secondary N) is 1. The number of nitrogens with zero attached hydrogens (tertiary/aromatic N) is 1. The van der Waals surface area contributed by atoms with Crippen LogP contribution in [0.1, 0.15) is 5.69 Å². The van der Waals surface area contributed by atoms with Crippen LogP contribution < -0.4 is 5.32 Å². The lowest BCUT2D eigenvalue weighted by Gasteiger charge is -1.98. The van der Waals surface area contributed by atoms with Gasteiger partial charge in [-0.05, 0) is 0 Å². The SMILES string of the molecule is OCCNCc1csc(-c2ccccc2)n1. The molecule has 0 aliphatic rings. The highest BCUT2D eigenvalue weighted by Gasteiger charge is 2.03. The van der Waals surface area contributed by atoms with Crippen LogP contribution >= 0.6 is 11.3 Å². The fourth-order valence-corrected chi connectivity index (χ4v) is 2.22. The number of aromatic nitrogens is 1. The molecule has 2 N–H and O–H groups in total. The van der Waals surface area contributed by atoms with Gasteiger partial charge in [0.05, 0.1) is 12.3 Å². The van der Waals surface area contributed by atoms with E-state index in [2.05, 4.69) is 22.4 Å². The maximum absolute atomic E-state index is 8.65. The summed E-state index contributed by atoms with van der Waals surface area (Å²) in [4.78, 5) is 4.53. The second-order valence-corrected chi connectivity index (χ2v) is 4.27. The molecule has 4 heteroatoms. The van der Waals surface area contributed by atoms with Gasteiger partial charge < -0.3 is 10.4 Å². The zero-order chi connectivity index (χ0) is 11.2. The van der Waals surface area contributed by atoms with Crippen LogP contribution in [-0.4, -0.2) is 23.2 Å². The van der Waals surface area contributed by atoms with Gasteiger partial charge in [-0.25, -0.2) is 4.98 Å². The quantitative estimate of drug-likeness (QED) is 0.777. The van der Waals surface area contributed by atoms with Crippen molar-refractivity contribution in [3.63, 3.8) is 0 Å². The Kier molecular flexibility index (Phi) is 4.04. The van der Waals surface area contributed by atoms with E-state index in [1.807, 2.05) is 23.6 Å². The second kappa shape index (κ2) is 5.75. The molecule has 0 fully saturated rings. The first-order chi connectivity index (χ1) is 7.90. The molecule has 0 bridgehead atoms. The van der Waals surface area contributed by atoms with E-state index in [-0.39, 0.29) is 6.61 Å². The van der Waals surface area contributed by atoms with Crippen molar-refractivity contribution in [3.8, 4) is 10.6 Å². The fraction of sp³-hybridized carbons (Fsp3) is 0.250. The van der Waals surface area contributed by atoms with Crippen molar-refractivity contribution in [1.82, 2.24) is 10.3 Å². The summed E-state index contributed by atoms with van der Waals surface area (Å²) in [6.45, 7) is 1.48. The molecule has 0 aliphatic heterocycles. The summed E-state index contributed by atoms with van der Waals surface area (Å²) in [6, 6.07) is 10.1. The molecule has 0 amide bonds. The van der Waals surface area contributed by atoms with Gasteiger partial charge in [0, 0.05) is 24.0 Å². The van der Waals surface area contributed by atoms with Gasteiger partial charge in [0.2, 0.25) is 0 Å². The fourth-order valence-electron chi connectivity index (χ4n) is 1.40. The minimum Gasteiger partial charge on any atom is -0.395 e. The topological polar surface area (TPSA) is 45.1 Å². The number of aliphatic hydroxyl groups is 1. The van der Waals surface area contributed by atoms with Crippen molar-refractivity contribution >= 4 is 11.3 Å². The molecule has 84 valence electrons. The Morgan fingerprint density at radius 3 is 2.81 bits per heavy atom. The average molecular weight is 234 g/mol. The summed E-state index contributed by atoms with van der Waals surface area (Å²) in [6.07, 6.45) is 0. The van der Waals surface area contributed by atoms with Crippen LogP contribution in [0.3, 0.4) is 0 Å². The number of benzene rings is 1. The van der Waals surface area contributed by atoms with E-state index < -0.39 is 0 Å². The molecule has 3 nitrogen and oxygen atoms in total. The minimum absolute atomic E-state index is 0.162. The highest BCUT2D eigenvalue weighted by molar-refractivity contribution is 7.13. The molecule has 0 radical (unpaired) electrons. The summed E-state index contributed by atoms with van der Waals surface area (Å²) in [5.74, 6) is 0. The van der Waals surface area contributed by atoms with E-state index in [1.165, 1.54) is 0 Å². The van der Waals surface area contributed by atoms with Gasteiger partial charge in [0.1, 0.15) is 5.01 Å². The van der Waals surface area contributed by atoms with Gasteiger partial charge in [-0.2, -0.15) is 0 Å². The molecular weight excluding hydrogens is 220 g/mol. The van der Waals surface area contributed by atoms with Crippen molar-refractivity contribution < 1.29 is 5.11 Å². The van der Waals surface area contributed by atoms with E-state index in [4.69, 9.17) is 5.11 Å². The predicted molar refractivity (Wildman–Crippen MR) is 66.3 cm³/mol. The van der Waals surface area contributed by atoms with E-state index in [1.54, 1.807) is 11.3 Å². The molecule has 1 aromatic heterocycles. The van der Waals surface area contributed by atoms with Gasteiger partial charge in [-0.1, -0.05) is 30.3 Å². The lowest BCUT2D eigenvalue weighted by Crippen LogP contribution is -2.17. The first kappa shape index (κ1) is 11.3. The minimum atomic E-state index is 0.162. The molecule has 0 saturated heterocycles. The normalized spacial score (nSPS) is 10.6. The third-order valence-corrected chi connectivity index (χ3v) is 3.11. The molecule has 0 spiro atoms. The van der Waals surface area contributed by atoms with Crippen LogP contribution in [-0.2, 0) is 6.54 Å². The van der Waals surface area contributed by atoms with Crippen LogP contribution in [0, 0.1) is 0 Å². The van der Waals surface area contributed by atoms with Crippen molar-refractivity contribution in [2.24, 2.45) is 0 Å². The van der Waals surface area contributed by atoms with Crippen LogP contribution in [0.15, 0.2) is 35.7 Å². The molecule has 2 aromatic rings. The van der Waals surface area contributed by atoms with Crippen LogP contribution in [0.2, 0.25) is 0 Å². The number of rotatable bonds is 5. The molecule has 0 unspecified atom stereocenters. The number of thiazole rings is 1. The third-order valence-electron chi connectivity index (χ3n) is 2.17. The van der Waals surface area contributed by atoms with Gasteiger partial charge in [0.15, 0.2) is 0 Å². The van der Waals surface area contributed by atoms with Crippen molar-refractivity contribution in [1.29, 1.82) is 0 Å². The Morgan fingerprint density at radius 2 is 2.06 bits per heavy atom. The van der Waals surface area contributed by atoms with E-state index in [9.17, 15) is 0 Å². The Bertz CT molecular complexity index is 428. The molecule has 1 heterocycles. The maximum Gasteiger partial charge on any atom is 0.123 e. The van der Waals surface area contributed by atoms with Crippen LogP contribution in [0.4, 0.5) is 0 Å².